The number of methoxy groups -OCH3 is 4. The van der Waals surface area contributed by atoms with E-state index in [4.69, 9.17) is 18.9 Å². The zero-order valence-electron chi connectivity index (χ0n) is 18.4. The van der Waals surface area contributed by atoms with Gasteiger partial charge >= 0.3 is 17.9 Å². The first-order valence-corrected chi connectivity index (χ1v) is 9.88. The minimum Gasteiger partial charge on any atom is -0.497 e. The number of fused-ring (bicyclic) bond motifs is 5. The van der Waals surface area contributed by atoms with E-state index in [9.17, 15) is 14.4 Å². The average molecular weight is 437 g/mol. The molecule has 0 saturated carbocycles. The molecule has 8 nitrogen and oxygen atoms in total. The SMILES string of the molecule is COC(=O)C1=C(C(=O)OC)[C@]2(C)c3ccccc3[C@@]1(C(=O)OC)N2c1ccc(OC)cc1. The largest absolute Gasteiger partial charge is 0.497 e. The molecule has 0 radical (unpaired) electrons. The number of rotatable bonds is 5. The number of carbonyl (C=O) groups is 3. The number of carbonyl (C=O) groups excluding carboxylic acids is 3. The van der Waals surface area contributed by atoms with Crippen molar-refractivity contribution >= 4 is 23.6 Å². The third-order valence-corrected chi connectivity index (χ3v) is 6.31. The molecule has 2 aliphatic heterocycles. The summed E-state index contributed by atoms with van der Waals surface area (Å²) < 4.78 is 20.6. The van der Waals surface area contributed by atoms with Gasteiger partial charge in [0, 0.05) is 5.69 Å². The van der Waals surface area contributed by atoms with Crippen LogP contribution in [-0.4, -0.2) is 46.3 Å². The van der Waals surface area contributed by atoms with Crippen molar-refractivity contribution in [3.63, 3.8) is 0 Å². The highest BCUT2D eigenvalue weighted by Crippen LogP contribution is 2.65. The molecular weight excluding hydrogens is 414 g/mol. The highest BCUT2D eigenvalue weighted by molar-refractivity contribution is 6.16. The summed E-state index contributed by atoms with van der Waals surface area (Å²) in [6, 6.07) is 14.2. The normalized spacial score (nSPS) is 23.0. The second-order valence-electron chi connectivity index (χ2n) is 7.59. The van der Waals surface area contributed by atoms with Gasteiger partial charge in [0.05, 0.1) is 45.1 Å². The Morgan fingerprint density at radius 1 is 0.750 bits per heavy atom. The Morgan fingerprint density at radius 2 is 1.31 bits per heavy atom. The lowest BCUT2D eigenvalue weighted by atomic mass is 9.73. The lowest BCUT2D eigenvalue weighted by molar-refractivity contribution is -0.149. The number of benzene rings is 2. The molecule has 2 aromatic rings. The topological polar surface area (TPSA) is 91.4 Å². The first kappa shape index (κ1) is 21.4. The van der Waals surface area contributed by atoms with Crippen LogP contribution in [-0.2, 0) is 39.7 Å². The summed E-state index contributed by atoms with van der Waals surface area (Å²) in [6.45, 7) is 1.78. The highest BCUT2D eigenvalue weighted by atomic mass is 16.5. The second kappa shape index (κ2) is 7.40. The van der Waals surface area contributed by atoms with Crippen LogP contribution in [0.3, 0.4) is 0 Å². The molecular formula is C24H23NO7. The maximum Gasteiger partial charge on any atom is 0.341 e. The van der Waals surface area contributed by atoms with Crippen LogP contribution in [0.15, 0.2) is 59.7 Å². The first-order chi connectivity index (χ1) is 15.3. The maximum atomic E-state index is 13.6. The summed E-state index contributed by atoms with van der Waals surface area (Å²) >= 11 is 0. The van der Waals surface area contributed by atoms with E-state index in [0.717, 1.165) is 0 Å². The lowest BCUT2D eigenvalue weighted by Crippen LogP contribution is -2.52. The van der Waals surface area contributed by atoms with E-state index in [2.05, 4.69) is 0 Å². The van der Waals surface area contributed by atoms with Gasteiger partial charge in [0.2, 0.25) is 0 Å². The van der Waals surface area contributed by atoms with Crippen molar-refractivity contribution in [3.8, 4) is 5.75 Å². The minimum atomic E-state index is -1.74. The molecule has 0 spiro atoms. The van der Waals surface area contributed by atoms with Gasteiger partial charge in [-0.05, 0) is 42.3 Å². The predicted octanol–water partition coefficient (Wildman–Crippen LogP) is 2.46. The second-order valence-corrected chi connectivity index (χ2v) is 7.59. The van der Waals surface area contributed by atoms with Crippen LogP contribution < -0.4 is 9.64 Å². The maximum absolute atomic E-state index is 13.6. The molecule has 0 saturated heterocycles. The van der Waals surface area contributed by atoms with Gasteiger partial charge in [-0.3, -0.25) is 0 Å². The predicted molar refractivity (Wildman–Crippen MR) is 114 cm³/mol. The number of anilines is 1. The third-order valence-electron chi connectivity index (χ3n) is 6.31. The van der Waals surface area contributed by atoms with Crippen LogP contribution in [0.2, 0.25) is 0 Å². The number of nitrogens with zero attached hydrogens (tertiary/aromatic N) is 1. The summed E-state index contributed by atoms with van der Waals surface area (Å²) in [4.78, 5) is 41.6. The van der Waals surface area contributed by atoms with Crippen LogP contribution >= 0.6 is 0 Å². The molecule has 0 aliphatic carbocycles. The Kier molecular flexibility index (Phi) is 4.96. The Morgan fingerprint density at radius 3 is 1.84 bits per heavy atom. The summed E-state index contributed by atoms with van der Waals surface area (Å²) in [5, 5.41) is 0. The molecule has 2 atom stereocenters. The molecule has 0 fully saturated rings. The summed E-state index contributed by atoms with van der Waals surface area (Å²) in [6.07, 6.45) is 0. The standard InChI is InChI=1S/C24H23NO7/c1-23-16-8-6-7-9-17(16)24(22(28)32-5,19(21(27)31-4)18(23)20(26)30-3)25(23)14-10-12-15(29-2)13-11-14/h6-13H,1-5H3/t23-,24+/m0/s1. The molecule has 4 rings (SSSR count). The van der Waals surface area contributed by atoms with Crippen LogP contribution in [0.5, 0.6) is 5.75 Å². The van der Waals surface area contributed by atoms with Gasteiger partial charge in [0.25, 0.3) is 0 Å². The quantitative estimate of drug-likeness (QED) is 0.520. The fourth-order valence-electron chi connectivity index (χ4n) is 5.11. The van der Waals surface area contributed by atoms with Crippen molar-refractivity contribution in [3.05, 3.63) is 70.8 Å². The van der Waals surface area contributed by atoms with Gasteiger partial charge in [0.15, 0.2) is 5.54 Å². The Hall–Kier alpha value is -3.81. The molecule has 8 heteroatoms. The van der Waals surface area contributed by atoms with Crippen molar-refractivity contribution in [2.45, 2.75) is 18.0 Å². The zero-order valence-corrected chi connectivity index (χ0v) is 18.4. The first-order valence-electron chi connectivity index (χ1n) is 9.88. The molecule has 2 heterocycles. The van der Waals surface area contributed by atoms with Gasteiger partial charge in [-0.2, -0.15) is 0 Å². The Bertz CT molecular complexity index is 1150. The zero-order chi connectivity index (χ0) is 23.3. The van der Waals surface area contributed by atoms with Crippen LogP contribution in [0.1, 0.15) is 18.1 Å². The number of hydrogen-bond donors (Lipinski definition) is 0. The van der Waals surface area contributed by atoms with E-state index in [1.807, 2.05) is 12.1 Å². The molecule has 0 aromatic heterocycles. The van der Waals surface area contributed by atoms with E-state index < -0.39 is 29.0 Å². The van der Waals surface area contributed by atoms with Crippen molar-refractivity contribution in [2.75, 3.05) is 33.3 Å². The minimum absolute atomic E-state index is 0.0340. The van der Waals surface area contributed by atoms with E-state index in [1.165, 1.54) is 21.3 Å². The van der Waals surface area contributed by atoms with Crippen molar-refractivity contribution in [1.82, 2.24) is 0 Å². The van der Waals surface area contributed by atoms with Crippen LogP contribution in [0.4, 0.5) is 5.69 Å². The van der Waals surface area contributed by atoms with Crippen molar-refractivity contribution < 1.29 is 33.3 Å². The lowest BCUT2D eigenvalue weighted by Gasteiger charge is -2.40. The van der Waals surface area contributed by atoms with Crippen molar-refractivity contribution in [1.29, 1.82) is 0 Å². The van der Waals surface area contributed by atoms with Crippen LogP contribution in [0.25, 0.3) is 0 Å². The van der Waals surface area contributed by atoms with E-state index >= 15 is 0 Å². The molecule has 0 unspecified atom stereocenters. The Labute approximate surface area is 185 Å². The fourth-order valence-corrected chi connectivity index (χ4v) is 5.11. The summed E-state index contributed by atoms with van der Waals surface area (Å²) in [5.74, 6) is -1.65. The summed E-state index contributed by atoms with van der Waals surface area (Å²) in [7, 11) is 5.22. The van der Waals surface area contributed by atoms with Gasteiger partial charge in [-0.25, -0.2) is 14.4 Å². The fraction of sp³-hybridized carbons (Fsp3) is 0.292. The van der Waals surface area contributed by atoms with Crippen molar-refractivity contribution in [2.24, 2.45) is 0 Å². The van der Waals surface area contributed by atoms with Gasteiger partial charge in [0.1, 0.15) is 5.75 Å². The van der Waals surface area contributed by atoms with Gasteiger partial charge in [-0.15, -0.1) is 0 Å². The summed E-state index contributed by atoms with van der Waals surface area (Å²) in [5.41, 5.74) is -1.23. The molecule has 2 aliphatic rings. The smallest absolute Gasteiger partial charge is 0.341 e. The van der Waals surface area contributed by atoms with Gasteiger partial charge in [-0.1, -0.05) is 24.3 Å². The Balaban J connectivity index is 2.16. The molecule has 0 amide bonds. The molecule has 32 heavy (non-hydrogen) atoms. The van der Waals surface area contributed by atoms with E-state index in [0.29, 0.717) is 22.6 Å². The monoisotopic (exact) mass is 437 g/mol. The molecule has 2 aromatic carbocycles. The van der Waals surface area contributed by atoms with Crippen LogP contribution in [0, 0.1) is 0 Å². The number of esters is 3. The van der Waals surface area contributed by atoms with Gasteiger partial charge < -0.3 is 23.8 Å². The molecule has 166 valence electrons. The highest BCUT2D eigenvalue weighted by Gasteiger charge is 2.73. The molecule has 2 bridgehead atoms. The molecule has 0 N–H and O–H groups in total. The number of hydrogen-bond acceptors (Lipinski definition) is 8. The third kappa shape index (κ3) is 2.40. The average Bonchev–Trinajstić information content (AvgIpc) is 3.22. The van der Waals surface area contributed by atoms with E-state index in [1.54, 1.807) is 55.3 Å². The number of ether oxygens (including phenoxy) is 4. The van der Waals surface area contributed by atoms with E-state index in [-0.39, 0.29) is 11.1 Å².